The molecule has 6 nitrogen and oxygen atoms in total. The molecule has 1 atom stereocenters. The average molecular weight is 433 g/mol. The molecule has 0 bridgehead atoms. The predicted octanol–water partition coefficient (Wildman–Crippen LogP) is 7.56. The Balaban J connectivity index is 1.80. The Hall–Kier alpha value is -1.76. The van der Waals surface area contributed by atoms with Crippen LogP contribution in [0.2, 0.25) is 0 Å². The van der Waals surface area contributed by atoms with Gasteiger partial charge in [-0.2, -0.15) is 0 Å². The predicted molar refractivity (Wildman–Crippen MR) is 123 cm³/mol. The van der Waals surface area contributed by atoms with E-state index in [1.165, 1.54) is 75.3 Å². The summed E-state index contributed by atoms with van der Waals surface area (Å²) in [6, 6.07) is 8.40. The maximum absolute atomic E-state index is 10.9. The van der Waals surface area contributed by atoms with Gasteiger partial charge < -0.3 is 5.11 Å². The number of rotatable bonds is 17. The third-order valence-corrected chi connectivity index (χ3v) is 6.72. The zero-order chi connectivity index (χ0) is 21.4. The molecule has 0 saturated heterocycles. The molecule has 1 heterocycles. The highest BCUT2D eigenvalue weighted by Crippen LogP contribution is 2.38. The summed E-state index contributed by atoms with van der Waals surface area (Å²) < 4.78 is 0. The molecule has 1 aliphatic heterocycles. The number of aliphatic carboxylic acids is 1. The number of nitrogens with zero attached hydrogens (tertiary/aromatic N) is 4. The van der Waals surface area contributed by atoms with Crippen molar-refractivity contribution in [1.29, 1.82) is 0 Å². The van der Waals surface area contributed by atoms with Crippen molar-refractivity contribution < 1.29 is 9.90 Å². The quantitative estimate of drug-likeness (QED) is 0.258. The first kappa shape index (κ1) is 24.5. The van der Waals surface area contributed by atoms with Gasteiger partial charge in [0, 0.05) is 5.75 Å². The second-order valence-electron chi connectivity index (χ2n) is 7.89. The van der Waals surface area contributed by atoms with E-state index in [4.69, 9.17) is 5.11 Å². The molecule has 1 aromatic carbocycles. The molecule has 0 fully saturated rings. The maximum Gasteiger partial charge on any atom is 0.304 e. The highest BCUT2D eigenvalue weighted by Gasteiger charge is 2.27. The van der Waals surface area contributed by atoms with Gasteiger partial charge in [0.2, 0.25) is 6.17 Å². The first-order valence-corrected chi connectivity index (χ1v) is 12.5. The minimum absolute atomic E-state index is 0.0429. The third kappa shape index (κ3) is 9.37. The number of aryl methyl sites for hydroxylation is 1. The van der Waals surface area contributed by atoms with Gasteiger partial charge in [-0.1, -0.05) is 89.0 Å². The Morgan fingerprint density at radius 2 is 1.57 bits per heavy atom. The van der Waals surface area contributed by atoms with Crippen LogP contribution >= 0.6 is 11.8 Å². The summed E-state index contributed by atoms with van der Waals surface area (Å²) in [5.74, 6) is -0.261. The monoisotopic (exact) mass is 432 g/mol. The van der Waals surface area contributed by atoms with Gasteiger partial charge in [-0.05, 0) is 34.4 Å². The number of carboxylic acids is 1. The normalized spacial score (nSPS) is 14.4. The van der Waals surface area contributed by atoms with Gasteiger partial charge in [-0.15, -0.1) is 22.0 Å². The molecule has 0 aliphatic carbocycles. The lowest BCUT2D eigenvalue weighted by atomic mass is 9.97. The van der Waals surface area contributed by atoms with Crippen molar-refractivity contribution in [1.82, 2.24) is 0 Å². The molecule has 0 amide bonds. The largest absolute Gasteiger partial charge is 0.481 e. The number of hydrogen-bond acceptors (Lipinski definition) is 6. The van der Waals surface area contributed by atoms with Crippen molar-refractivity contribution in [3.8, 4) is 0 Å². The van der Waals surface area contributed by atoms with Gasteiger partial charge in [0.1, 0.15) is 0 Å². The second kappa shape index (κ2) is 15.1. The fraction of sp³-hybridized carbons (Fsp3) is 0.696. The van der Waals surface area contributed by atoms with Gasteiger partial charge in [-0.25, -0.2) is 0 Å². The molecular weight excluding hydrogens is 396 g/mol. The Morgan fingerprint density at radius 3 is 2.20 bits per heavy atom. The maximum atomic E-state index is 10.9. The number of benzene rings is 1. The van der Waals surface area contributed by atoms with E-state index in [0.717, 1.165) is 6.42 Å². The average Bonchev–Trinajstić information content (AvgIpc) is 3.27. The van der Waals surface area contributed by atoms with Crippen molar-refractivity contribution in [2.45, 2.75) is 95.4 Å². The van der Waals surface area contributed by atoms with Crippen LogP contribution < -0.4 is 0 Å². The fourth-order valence-electron chi connectivity index (χ4n) is 3.75. The Labute approximate surface area is 185 Å². The summed E-state index contributed by atoms with van der Waals surface area (Å²) >= 11 is 1.58. The Kier molecular flexibility index (Phi) is 12.3. The van der Waals surface area contributed by atoms with E-state index >= 15 is 0 Å². The van der Waals surface area contributed by atoms with Gasteiger partial charge in [0.15, 0.2) is 0 Å². The van der Waals surface area contributed by atoms with Gasteiger partial charge in [0.05, 0.1) is 11.7 Å². The topological polar surface area (TPSA) is 86.7 Å². The van der Waals surface area contributed by atoms with Crippen LogP contribution in [0.15, 0.2) is 44.9 Å². The molecule has 0 aromatic heterocycles. The molecule has 0 spiro atoms. The van der Waals surface area contributed by atoms with E-state index in [9.17, 15) is 4.79 Å². The van der Waals surface area contributed by atoms with E-state index in [-0.39, 0.29) is 17.8 Å². The van der Waals surface area contributed by atoms with Crippen molar-refractivity contribution in [2.75, 3.05) is 5.75 Å². The molecule has 0 radical (unpaired) electrons. The Bertz CT molecular complexity index is 669. The molecule has 7 heteroatoms. The number of unbranched alkanes of at least 4 members (excludes halogenated alkanes) is 9. The minimum atomic E-state index is -0.783. The van der Waals surface area contributed by atoms with Crippen molar-refractivity contribution >= 4 is 17.7 Å². The molecule has 166 valence electrons. The van der Waals surface area contributed by atoms with Gasteiger partial charge in [0.25, 0.3) is 0 Å². The van der Waals surface area contributed by atoms with Crippen LogP contribution in [-0.4, -0.2) is 23.0 Å². The summed E-state index contributed by atoms with van der Waals surface area (Å²) in [5, 5.41) is 24.5. The first-order chi connectivity index (χ1) is 14.7. The number of hydrogen-bond donors (Lipinski definition) is 1. The second-order valence-corrected chi connectivity index (χ2v) is 9.14. The van der Waals surface area contributed by atoms with Gasteiger partial charge in [-0.3, -0.25) is 4.79 Å². The zero-order valence-electron chi connectivity index (χ0n) is 18.2. The lowest BCUT2D eigenvalue weighted by Crippen LogP contribution is -2.13. The summed E-state index contributed by atoms with van der Waals surface area (Å²) in [6.07, 6.45) is 14.1. The van der Waals surface area contributed by atoms with E-state index in [1.807, 2.05) is 6.07 Å². The van der Waals surface area contributed by atoms with Gasteiger partial charge >= 0.3 is 5.97 Å². The Morgan fingerprint density at radius 1 is 0.967 bits per heavy atom. The van der Waals surface area contributed by atoms with E-state index < -0.39 is 5.97 Å². The molecular formula is C23H36N4O2S. The standard InChI is InChI=1S/C23H36N4O2S/c1-2-3-4-5-6-7-8-9-10-11-14-19-15-12-13-16-20(19)22(23-24-26-27-25-23)30-18-17-21(28)29/h12-13,15-16,22-23H,2-11,14,17-18H2,1H3,(H,28,29)/t22-/m1/s1. The lowest BCUT2D eigenvalue weighted by molar-refractivity contribution is -0.136. The van der Waals surface area contributed by atoms with Crippen LogP contribution in [0.5, 0.6) is 0 Å². The van der Waals surface area contributed by atoms with Crippen LogP contribution in [0.4, 0.5) is 0 Å². The fourth-order valence-corrected chi connectivity index (χ4v) is 4.99. The molecule has 1 aromatic rings. The highest BCUT2D eigenvalue weighted by atomic mass is 32.2. The molecule has 0 unspecified atom stereocenters. The number of thioether (sulfide) groups is 1. The summed E-state index contributed by atoms with van der Waals surface area (Å²) in [4.78, 5) is 10.9. The van der Waals surface area contributed by atoms with Crippen LogP contribution in [0, 0.1) is 0 Å². The summed E-state index contributed by atoms with van der Waals surface area (Å²) in [7, 11) is 0. The minimum Gasteiger partial charge on any atom is -0.481 e. The molecule has 1 aliphatic rings. The molecule has 0 saturated carbocycles. The molecule has 1 N–H and O–H groups in total. The number of carbonyl (C=O) groups is 1. The van der Waals surface area contributed by atoms with Crippen LogP contribution in [0.1, 0.15) is 93.9 Å². The van der Waals surface area contributed by atoms with Crippen molar-refractivity contribution in [3.05, 3.63) is 35.4 Å². The zero-order valence-corrected chi connectivity index (χ0v) is 19.0. The van der Waals surface area contributed by atoms with Crippen LogP contribution in [0.3, 0.4) is 0 Å². The highest BCUT2D eigenvalue weighted by molar-refractivity contribution is 7.99. The van der Waals surface area contributed by atoms with Crippen LogP contribution in [-0.2, 0) is 11.2 Å². The third-order valence-electron chi connectivity index (χ3n) is 5.43. The summed E-state index contributed by atoms with van der Waals surface area (Å²) in [5.41, 5.74) is 2.50. The number of carboxylic acid groups (broad SMARTS) is 1. The van der Waals surface area contributed by atoms with E-state index in [1.54, 1.807) is 11.8 Å². The van der Waals surface area contributed by atoms with E-state index in [0.29, 0.717) is 5.75 Å². The van der Waals surface area contributed by atoms with Crippen molar-refractivity contribution in [3.63, 3.8) is 0 Å². The summed E-state index contributed by atoms with van der Waals surface area (Å²) in [6.45, 7) is 2.26. The SMILES string of the molecule is CCCCCCCCCCCCc1ccccc1[C@@H](SCCC(=O)O)C1N=NN=N1. The van der Waals surface area contributed by atoms with Crippen LogP contribution in [0.25, 0.3) is 0 Å². The molecule has 30 heavy (non-hydrogen) atoms. The lowest BCUT2D eigenvalue weighted by Gasteiger charge is -2.21. The van der Waals surface area contributed by atoms with E-state index in [2.05, 4.69) is 45.8 Å². The molecule has 2 rings (SSSR count). The first-order valence-electron chi connectivity index (χ1n) is 11.4. The smallest absolute Gasteiger partial charge is 0.304 e. The van der Waals surface area contributed by atoms with Crippen molar-refractivity contribution in [2.24, 2.45) is 20.7 Å².